The molecule has 0 spiro atoms. The summed E-state index contributed by atoms with van der Waals surface area (Å²) >= 11 is 0. The summed E-state index contributed by atoms with van der Waals surface area (Å²) in [7, 11) is 0. The predicted octanol–water partition coefficient (Wildman–Crippen LogP) is 5.17. The van der Waals surface area contributed by atoms with Gasteiger partial charge in [-0.2, -0.15) is 0 Å². The van der Waals surface area contributed by atoms with Gasteiger partial charge >= 0.3 is 0 Å². The molecule has 0 unspecified atom stereocenters. The van der Waals surface area contributed by atoms with E-state index in [1.165, 1.54) is 38.2 Å². The maximum absolute atomic E-state index is 2.28. The molecule has 0 N–H and O–H groups in total. The quantitative estimate of drug-likeness (QED) is 0.509. The number of hydrogen-bond donors (Lipinski definition) is 0. The Kier molecular flexibility index (Phi) is 2.59. The molecule has 0 saturated heterocycles. The summed E-state index contributed by atoms with van der Waals surface area (Å²) in [6, 6.07) is 15.6. The van der Waals surface area contributed by atoms with Crippen LogP contribution in [-0.2, 0) is 6.42 Å². The van der Waals surface area contributed by atoms with E-state index < -0.39 is 0 Å². The van der Waals surface area contributed by atoms with E-state index in [0.29, 0.717) is 0 Å². The SMILES string of the molecule is CCc1ccc(C)c2ccc3cccc(C)c3c12. The molecule has 3 aromatic rings. The average Bonchev–Trinajstić information content (AvgIpc) is 2.39. The van der Waals surface area contributed by atoms with Gasteiger partial charge in [-0.3, -0.25) is 0 Å². The molecule has 0 aliphatic heterocycles. The Morgan fingerprint density at radius 1 is 0.778 bits per heavy atom. The van der Waals surface area contributed by atoms with Crippen LogP contribution in [0.2, 0.25) is 0 Å². The number of rotatable bonds is 1. The molecule has 0 nitrogen and oxygen atoms in total. The smallest absolute Gasteiger partial charge is 0.00681 e. The lowest BCUT2D eigenvalue weighted by Gasteiger charge is -2.12. The van der Waals surface area contributed by atoms with Gasteiger partial charge in [-0.1, -0.05) is 49.4 Å². The highest BCUT2D eigenvalue weighted by Gasteiger charge is 2.08. The van der Waals surface area contributed by atoms with Crippen LogP contribution in [0.15, 0.2) is 42.5 Å². The van der Waals surface area contributed by atoms with Gasteiger partial charge < -0.3 is 0 Å². The highest BCUT2D eigenvalue weighted by Crippen LogP contribution is 2.32. The largest absolute Gasteiger partial charge is 0.0614 e. The lowest BCUT2D eigenvalue weighted by molar-refractivity contribution is 1.16. The highest BCUT2D eigenvalue weighted by atomic mass is 14.1. The van der Waals surface area contributed by atoms with Crippen molar-refractivity contribution in [2.24, 2.45) is 0 Å². The van der Waals surface area contributed by atoms with Crippen molar-refractivity contribution in [1.82, 2.24) is 0 Å². The fourth-order valence-electron chi connectivity index (χ4n) is 2.92. The first-order valence-corrected chi connectivity index (χ1v) is 6.63. The summed E-state index contributed by atoms with van der Waals surface area (Å²) in [5.41, 5.74) is 4.20. The van der Waals surface area contributed by atoms with Crippen molar-refractivity contribution in [3.05, 3.63) is 59.2 Å². The molecule has 0 aliphatic rings. The molecule has 0 heteroatoms. The third kappa shape index (κ3) is 1.53. The summed E-state index contributed by atoms with van der Waals surface area (Å²) in [5.74, 6) is 0. The van der Waals surface area contributed by atoms with Gasteiger partial charge in [-0.25, -0.2) is 0 Å². The van der Waals surface area contributed by atoms with Crippen molar-refractivity contribution in [1.29, 1.82) is 0 Å². The molecule has 0 bridgehead atoms. The summed E-state index contributed by atoms with van der Waals surface area (Å²) in [4.78, 5) is 0. The fourth-order valence-corrected chi connectivity index (χ4v) is 2.92. The molecular formula is C18H18. The molecule has 0 fully saturated rings. The van der Waals surface area contributed by atoms with Gasteiger partial charge in [0.2, 0.25) is 0 Å². The van der Waals surface area contributed by atoms with E-state index in [2.05, 4.69) is 63.2 Å². The van der Waals surface area contributed by atoms with E-state index >= 15 is 0 Å². The Morgan fingerprint density at radius 3 is 2.39 bits per heavy atom. The van der Waals surface area contributed by atoms with Crippen molar-refractivity contribution in [3.63, 3.8) is 0 Å². The standard InChI is InChI=1S/C18H18/c1-4-14-9-8-12(2)16-11-10-15-7-5-6-13(3)17(15)18(14)16/h5-11H,4H2,1-3H3. The zero-order valence-electron chi connectivity index (χ0n) is 11.2. The first-order valence-electron chi connectivity index (χ1n) is 6.63. The van der Waals surface area contributed by atoms with Crippen LogP contribution in [0.4, 0.5) is 0 Å². The molecule has 18 heavy (non-hydrogen) atoms. The predicted molar refractivity (Wildman–Crippen MR) is 80.3 cm³/mol. The Bertz CT molecular complexity index is 736. The monoisotopic (exact) mass is 234 g/mol. The topological polar surface area (TPSA) is 0 Å². The maximum atomic E-state index is 2.28. The average molecular weight is 234 g/mol. The fraction of sp³-hybridized carbons (Fsp3) is 0.222. The summed E-state index contributed by atoms with van der Waals surface area (Å²) < 4.78 is 0. The zero-order valence-corrected chi connectivity index (χ0v) is 11.2. The molecule has 0 saturated carbocycles. The number of hydrogen-bond acceptors (Lipinski definition) is 0. The zero-order chi connectivity index (χ0) is 12.7. The van der Waals surface area contributed by atoms with Crippen molar-refractivity contribution in [3.8, 4) is 0 Å². The minimum Gasteiger partial charge on any atom is -0.0614 e. The van der Waals surface area contributed by atoms with Crippen LogP contribution >= 0.6 is 0 Å². The van der Waals surface area contributed by atoms with Crippen molar-refractivity contribution >= 4 is 21.5 Å². The number of fused-ring (bicyclic) bond motifs is 3. The minimum atomic E-state index is 1.09. The first-order chi connectivity index (χ1) is 8.72. The van der Waals surface area contributed by atoms with Crippen molar-refractivity contribution in [2.45, 2.75) is 27.2 Å². The molecule has 0 atom stereocenters. The summed E-state index contributed by atoms with van der Waals surface area (Å²) in [6.07, 6.45) is 1.09. The number of benzene rings is 3. The van der Waals surface area contributed by atoms with Crippen LogP contribution in [0, 0.1) is 13.8 Å². The van der Waals surface area contributed by atoms with E-state index in [9.17, 15) is 0 Å². The Hall–Kier alpha value is -1.82. The summed E-state index contributed by atoms with van der Waals surface area (Å²) in [5, 5.41) is 5.63. The van der Waals surface area contributed by atoms with Gasteiger partial charge in [0.1, 0.15) is 0 Å². The first kappa shape index (κ1) is 11.3. The third-order valence-electron chi connectivity index (χ3n) is 3.92. The van der Waals surface area contributed by atoms with Crippen LogP contribution < -0.4 is 0 Å². The van der Waals surface area contributed by atoms with E-state index in [0.717, 1.165) is 6.42 Å². The normalized spacial score (nSPS) is 11.3. The second-order valence-electron chi connectivity index (χ2n) is 5.06. The maximum Gasteiger partial charge on any atom is -0.00681 e. The van der Waals surface area contributed by atoms with Gasteiger partial charge in [-0.05, 0) is 58.5 Å². The summed E-state index contributed by atoms with van der Waals surface area (Å²) in [6.45, 7) is 6.65. The minimum absolute atomic E-state index is 1.09. The van der Waals surface area contributed by atoms with Crippen LogP contribution in [0.5, 0.6) is 0 Å². The second kappa shape index (κ2) is 4.13. The van der Waals surface area contributed by atoms with E-state index in [-0.39, 0.29) is 0 Å². The van der Waals surface area contributed by atoms with Crippen LogP contribution in [0.3, 0.4) is 0 Å². The van der Waals surface area contributed by atoms with Gasteiger partial charge in [-0.15, -0.1) is 0 Å². The molecule has 3 rings (SSSR count). The van der Waals surface area contributed by atoms with Gasteiger partial charge in [0.05, 0.1) is 0 Å². The van der Waals surface area contributed by atoms with Crippen LogP contribution in [0.25, 0.3) is 21.5 Å². The molecule has 0 aromatic heterocycles. The molecule has 3 aromatic carbocycles. The molecule has 0 amide bonds. The third-order valence-corrected chi connectivity index (χ3v) is 3.92. The lowest BCUT2D eigenvalue weighted by atomic mass is 9.92. The van der Waals surface area contributed by atoms with Gasteiger partial charge in [0.25, 0.3) is 0 Å². The molecule has 0 aliphatic carbocycles. The van der Waals surface area contributed by atoms with Crippen LogP contribution in [-0.4, -0.2) is 0 Å². The van der Waals surface area contributed by atoms with E-state index in [1.54, 1.807) is 0 Å². The van der Waals surface area contributed by atoms with Gasteiger partial charge in [0.15, 0.2) is 0 Å². The number of aryl methyl sites for hydroxylation is 3. The lowest BCUT2D eigenvalue weighted by Crippen LogP contribution is -1.90. The molecular weight excluding hydrogens is 216 g/mol. The van der Waals surface area contributed by atoms with Crippen molar-refractivity contribution < 1.29 is 0 Å². The molecule has 0 heterocycles. The Labute approximate surface area is 108 Å². The second-order valence-corrected chi connectivity index (χ2v) is 5.06. The van der Waals surface area contributed by atoms with E-state index in [4.69, 9.17) is 0 Å². The van der Waals surface area contributed by atoms with E-state index in [1.807, 2.05) is 0 Å². The van der Waals surface area contributed by atoms with Gasteiger partial charge in [0, 0.05) is 0 Å². The van der Waals surface area contributed by atoms with Crippen molar-refractivity contribution in [2.75, 3.05) is 0 Å². The Morgan fingerprint density at radius 2 is 1.61 bits per heavy atom. The molecule has 0 radical (unpaired) electrons. The van der Waals surface area contributed by atoms with Crippen LogP contribution in [0.1, 0.15) is 23.6 Å². The molecule has 90 valence electrons. The highest BCUT2D eigenvalue weighted by molar-refractivity contribution is 6.11. The Balaban J connectivity index is 2.64.